The minimum absolute atomic E-state index is 0.0109. The van der Waals surface area contributed by atoms with Crippen LogP contribution in [0.4, 0.5) is 0 Å². The maximum atomic E-state index is 14.3. The summed E-state index contributed by atoms with van der Waals surface area (Å²) in [5.74, 6) is -1.10. The van der Waals surface area contributed by atoms with Gasteiger partial charge in [0.1, 0.15) is 6.10 Å². The Morgan fingerprint density at radius 1 is 1.21 bits per heavy atom. The van der Waals surface area contributed by atoms with Crippen molar-refractivity contribution < 1.29 is 29.6 Å². The van der Waals surface area contributed by atoms with E-state index in [1.165, 1.54) is 0 Å². The highest BCUT2D eigenvalue weighted by Crippen LogP contribution is 2.71. The molecule has 3 N–H and O–H groups in total. The van der Waals surface area contributed by atoms with Crippen LogP contribution in [0.2, 0.25) is 0 Å². The van der Waals surface area contributed by atoms with E-state index in [1.54, 1.807) is 19.1 Å². The Morgan fingerprint density at radius 2 is 1.88 bits per heavy atom. The van der Waals surface area contributed by atoms with E-state index in [9.17, 15) is 24.9 Å². The third-order valence-electron chi connectivity index (χ3n) is 9.34. The summed E-state index contributed by atoms with van der Waals surface area (Å²) in [6.45, 7) is 7.51. The third-order valence-corrected chi connectivity index (χ3v) is 9.34. The first-order chi connectivity index (χ1) is 16.0. The Balaban J connectivity index is 1.58. The molecule has 0 aromatic heterocycles. The van der Waals surface area contributed by atoms with Crippen LogP contribution in [0, 0.1) is 34.5 Å². The molecule has 5 rings (SSSR count). The highest BCUT2D eigenvalue weighted by Gasteiger charge is 2.76. The average Bonchev–Trinajstić information content (AvgIpc) is 3.28. The van der Waals surface area contributed by atoms with Crippen molar-refractivity contribution in [3.63, 3.8) is 0 Å². The van der Waals surface area contributed by atoms with Gasteiger partial charge in [0.15, 0.2) is 17.5 Å². The molecule has 6 nitrogen and oxygen atoms in total. The lowest BCUT2D eigenvalue weighted by atomic mass is 9.59. The molecule has 0 heterocycles. The molecule has 1 spiro atoms. The Hall–Kier alpha value is -2.28. The fraction of sp³-hybridized carbons (Fsp3) is 0.571. The summed E-state index contributed by atoms with van der Waals surface area (Å²) in [6.07, 6.45) is 1.43. The van der Waals surface area contributed by atoms with Crippen LogP contribution in [-0.4, -0.2) is 51.5 Å². The number of benzene rings is 1. The maximum Gasteiger partial charge on any atom is 0.310 e. The van der Waals surface area contributed by atoms with Crippen LogP contribution in [0.5, 0.6) is 0 Å². The van der Waals surface area contributed by atoms with Crippen molar-refractivity contribution in [3.8, 4) is 0 Å². The summed E-state index contributed by atoms with van der Waals surface area (Å²) >= 11 is 0. The van der Waals surface area contributed by atoms with Gasteiger partial charge in [-0.25, -0.2) is 0 Å². The first-order valence-corrected chi connectivity index (χ1v) is 12.2. The molecule has 0 aliphatic heterocycles. The number of aliphatic hydroxyl groups excluding tert-OH is 2. The second-order valence-corrected chi connectivity index (χ2v) is 11.4. The zero-order valence-electron chi connectivity index (χ0n) is 20.2. The number of fused-ring (bicyclic) bond motifs is 3. The largest absolute Gasteiger partial charge is 0.454 e. The van der Waals surface area contributed by atoms with Crippen molar-refractivity contribution >= 4 is 11.8 Å². The zero-order valence-corrected chi connectivity index (χ0v) is 20.2. The van der Waals surface area contributed by atoms with E-state index in [0.717, 1.165) is 12.0 Å². The van der Waals surface area contributed by atoms with Crippen molar-refractivity contribution in [2.24, 2.45) is 34.5 Å². The van der Waals surface area contributed by atoms with E-state index in [1.807, 2.05) is 37.3 Å². The van der Waals surface area contributed by atoms with Crippen molar-refractivity contribution in [2.45, 2.75) is 58.3 Å². The summed E-state index contributed by atoms with van der Waals surface area (Å²) in [7, 11) is 0. The molecule has 0 radical (unpaired) electrons. The first-order valence-electron chi connectivity index (χ1n) is 12.2. The molecular weight excluding hydrogens is 432 g/mol. The van der Waals surface area contributed by atoms with Crippen molar-refractivity contribution in [2.75, 3.05) is 6.61 Å². The van der Waals surface area contributed by atoms with Crippen molar-refractivity contribution in [3.05, 3.63) is 59.2 Å². The number of carbonyl (C=O) groups excluding carboxylic acids is 2. The number of rotatable bonds is 4. The van der Waals surface area contributed by atoms with E-state index in [2.05, 4.69) is 13.8 Å². The predicted octanol–water partition coefficient (Wildman–Crippen LogP) is 2.61. The number of ether oxygens (including phenoxy) is 1. The van der Waals surface area contributed by atoms with Crippen LogP contribution in [0.3, 0.4) is 0 Å². The lowest BCUT2D eigenvalue weighted by Gasteiger charge is -2.48. The van der Waals surface area contributed by atoms with Crippen LogP contribution < -0.4 is 0 Å². The van der Waals surface area contributed by atoms with Gasteiger partial charge < -0.3 is 20.1 Å². The van der Waals surface area contributed by atoms with Gasteiger partial charge in [-0.1, -0.05) is 63.3 Å². The summed E-state index contributed by atoms with van der Waals surface area (Å²) in [5.41, 5.74) is -1.99. The molecule has 182 valence electrons. The average molecular weight is 467 g/mol. The molecule has 34 heavy (non-hydrogen) atoms. The first kappa shape index (κ1) is 23.5. The Labute approximate surface area is 200 Å². The Kier molecular flexibility index (Phi) is 5.25. The summed E-state index contributed by atoms with van der Waals surface area (Å²) in [4.78, 5) is 27.2. The van der Waals surface area contributed by atoms with Crippen LogP contribution in [-0.2, 0) is 20.7 Å². The van der Waals surface area contributed by atoms with Crippen molar-refractivity contribution in [1.29, 1.82) is 0 Å². The number of allylic oxidation sites excluding steroid dienone is 1. The van der Waals surface area contributed by atoms with E-state index in [-0.39, 0.29) is 35.0 Å². The molecule has 2 bridgehead atoms. The number of ketones is 1. The van der Waals surface area contributed by atoms with E-state index in [4.69, 9.17) is 4.74 Å². The molecular formula is C28H34O6. The standard InChI is InChI=1S/C28H34O6/c1-15-13-27-16(2)10-20-22(26(20,3)4)19(24(27)32)12-18(14-29)23(31)28(27,33)25(15)34-21(30)11-17-8-6-5-7-9-17/h5-9,12-13,16,19-20,22-23,25,29,31,33H,10-11,14H2,1-4H3/t16-,19+,20-,22+,23-,25+,27-,28+/m1/s1. The number of hydrogen-bond donors (Lipinski definition) is 3. The molecule has 6 heteroatoms. The van der Waals surface area contributed by atoms with Gasteiger partial charge in [0.05, 0.1) is 18.4 Å². The molecule has 1 aromatic rings. The fourth-order valence-corrected chi connectivity index (χ4v) is 7.53. The highest BCUT2D eigenvalue weighted by atomic mass is 16.6. The molecule has 0 unspecified atom stereocenters. The smallest absolute Gasteiger partial charge is 0.310 e. The topological polar surface area (TPSA) is 104 Å². The van der Waals surface area contributed by atoms with Gasteiger partial charge in [0, 0.05) is 5.92 Å². The minimum Gasteiger partial charge on any atom is -0.454 e. The molecule has 1 aromatic carbocycles. The Bertz CT molecular complexity index is 1090. The van der Waals surface area contributed by atoms with E-state index in [0.29, 0.717) is 11.5 Å². The normalized spacial score (nSPS) is 41.9. The Morgan fingerprint density at radius 3 is 2.53 bits per heavy atom. The summed E-state index contributed by atoms with van der Waals surface area (Å²) in [5, 5.41) is 34.0. The number of hydrogen-bond acceptors (Lipinski definition) is 6. The van der Waals surface area contributed by atoms with Gasteiger partial charge in [-0.05, 0) is 53.2 Å². The maximum absolute atomic E-state index is 14.3. The third kappa shape index (κ3) is 2.91. The number of aliphatic hydroxyl groups is 3. The van der Waals surface area contributed by atoms with Gasteiger partial charge in [-0.3, -0.25) is 9.59 Å². The van der Waals surface area contributed by atoms with Gasteiger partial charge in [0.25, 0.3) is 0 Å². The summed E-state index contributed by atoms with van der Waals surface area (Å²) in [6, 6.07) is 9.15. The SMILES string of the molecule is CC1=C[C@@]23C(=O)[C@@H](C=C(CO)[C@@H](O)[C@]2(O)[C@H]1OC(=O)Cc1ccccc1)[C@H]1[C@@H](C[C@H]3C)C1(C)C. The van der Waals surface area contributed by atoms with E-state index >= 15 is 0 Å². The van der Waals surface area contributed by atoms with Crippen LogP contribution in [0.1, 0.15) is 39.7 Å². The lowest BCUT2D eigenvalue weighted by molar-refractivity contribution is -0.203. The van der Waals surface area contributed by atoms with Gasteiger partial charge in [-0.2, -0.15) is 0 Å². The molecule has 4 aliphatic rings. The predicted molar refractivity (Wildman–Crippen MR) is 125 cm³/mol. The van der Waals surface area contributed by atoms with Crippen LogP contribution >= 0.6 is 0 Å². The van der Waals surface area contributed by atoms with E-state index < -0.39 is 41.7 Å². The molecule has 4 aliphatic carbocycles. The highest BCUT2D eigenvalue weighted by molar-refractivity contribution is 5.95. The van der Waals surface area contributed by atoms with Gasteiger partial charge >= 0.3 is 5.97 Å². The fourth-order valence-electron chi connectivity index (χ4n) is 7.53. The van der Waals surface area contributed by atoms with Crippen LogP contribution in [0.25, 0.3) is 0 Å². The molecule has 2 saturated carbocycles. The second kappa shape index (κ2) is 7.61. The molecule has 2 fully saturated rings. The molecule has 8 atom stereocenters. The zero-order chi connectivity index (χ0) is 24.6. The quantitative estimate of drug-likeness (QED) is 0.466. The van der Waals surface area contributed by atoms with Crippen LogP contribution in [0.15, 0.2) is 53.6 Å². The summed E-state index contributed by atoms with van der Waals surface area (Å²) < 4.78 is 5.84. The number of Topliss-reactive ketones (excluding diaryl/α,β-unsaturated/α-hetero) is 1. The van der Waals surface area contributed by atoms with Gasteiger partial charge in [0.2, 0.25) is 0 Å². The van der Waals surface area contributed by atoms with Gasteiger partial charge in [-0.15, -0.1) is 0 Å². The molecule has 0 amide bonds. The number of esters is 1. The number of carbonyl (C=O) groups is 2. The minimum atomic E-state index is -2.09. The van der Waals surface area contributed by atoms with Crippen molar-refractivity contribution in [1.82, 2.24) is 0 Å². The lowest BCUT2D eigenvalue weighted by Crippen LogP contribution is -2.65. The monoisotopic (exact) mass is 466 g/mol. The second-order valence-electron chi connectivity index (χ2n) is 11.4. The molecule has 0 saturated heterocycles.